The van der Waals surface area contributed by atoms with Crippen LogP contribution in [0, 0.1) is 0 Å². The normalized spacial score (nSPS) is 19.5. The molecule has 3 rings (SSSR count). The van der Waals surface area contributed by atoms with E-state index in [0.29, 0.717) is 18.6 Å². The lowest BCUT2D eigenvalue weighted by atomic mass is 10.2. The zero-order valence-corrected chi connectivity index (χ0v) is 13.7. The summed E-state index contributed by atoms with van der Waals surface area (Å²) >= 11 is 0. The molecule has 1 unspecified atom stereocenters. The largest absolute Gasteiger partial charge is 0.348 e. The average molecular weight is 320 g/mol. The number of rotatable bonds is 7. The fourth-order valence-electron chi connectivity index (χ4n) is 3.16. The summed E-state index contributed by atoms with van der Waals surface area (Å²) in [5, 5.41) is 10.2. The maximum atomic E-state index is 12.2. The van der Waals surface area contributed by atoms with Crippen molar-refractivity contribution in [3.63, 3.8) is 0 Å². The van der Waals surface area contributed by atoms with E-state index in [4.69, 9.17) is 0 Å². The number of nitrogens with zero attached hydrogens (tertiary/aromatic N) is 2. The predicted octanol–water partition coefficient (Wildman–Crippen LogP) is -0.270. The first-order valence-corrected chi connectivity index (χ1v) is 8.56. The molecule has 2 aliphatic rings. The Morgan fingerprint density at radius 1 is 1.22 bits per heavy atom. The van der Waals surface area contributed by atoms with Gasteiger partial charge in [-0.2, -0.15) is 5.10 Å². The maximum Gasteiger partial charge on any atom is 0.280 e. The summed E-state index contributed by atoms with van der Waals surface area (Å²) in [4.78, 5) is 24.8. The van der Waals surface area contributed by atoms with Crippen molar-refractivity contribution in [1.29, 1.82) is 0 Å². The Balaban J connectivity index is 1.47. The standard InChI is InChI=1S/C16H25N5O2/c1-20(10-15(22)18-12-6-7-12)11-16(23)19-14-8-9-17-21(14)13-4-2-3-5-13/h8-9,12-13H,2-7,10-11H2,1H3,(H,18,22)(H,19,23)/p+1. The van der Waals surface area contributed by atoms with Crippen molar-refractivity contribution in [2.24, 2.45) is 0 Å². The zero-order valence-electron chi connectivity index (χ0n) is 13.7. The molecule has 7 nitrogen and oxygen atoms in total. The molecule has 0 saturated heterocycles. The fraction of sp³-hybridized carbons (Fsp3) is 0.688. The van der Waals surface area contributed by atoms with Gasteiger partial charge in [-0.1, -0.05) is 12.8 Å². The minimum Gasteiger partial charge on any atom is -0.348 e. The average Bonchev–Trinajstić information content (AvgIpc) is 2.98. The Kier molecular flexibility index (Phi) is 4.95. The third-order valence-corrected chi connectivity index (χ3v) is 4.48. The summed E-state index contributed by atoms with van der Waals surface area (Å²) in [5.41, 5.74) is 0. The highest BCUT2D eigenvalue weighted by molar-refractivity contribution is 5.90. The lowest BCUT2D eigenvalue weighted by molar-refractivity contribution is -0.862. The molecule has 0 spiro atoms. The molecule has 0 aliphatic heterocycles. The number of hydrogen-bond acceptors (Lipinski definition) is 3. The first-order chi connectivity index (χ1) is 11.1. The van der Waals surface area contributed by atoms with Crippen molar-refractivity contribution in [3.8, 4) is 0 Å². The van der Waals surface area contributed by atoms with Gasteiger partial charge in [-0.05, 0) is 25.7 Å². The van der Waals surface area contributed by atoms with E-state index in [1.807, 2.05) is 17.8 Å². The van der Waals surface area contributed by atoms with E-state index in [1.54, 1.807) is 6.20 Å². The smallest absolute Gasteiger partial charge is 0.280 e. The van der Waals surface area contributed by atoms with E-state index < -0.39 is 0 Å². The number of amides is 2. The number of aromatic nitrogens is 2. The Morgan fingerprint density at radius 3 is 2.61 bits per heavy atom. The summed E-state index contributed by atoms with van der Waals surface area (Å²) in [6.07, 6.45) is 8.58. The minimum absolute atomic E-state index is 0.0220. The molecule has 2 aliphatic carbocycles. The van der Waals surface area contributed by atoms with Crippen LogP contribution in [0.5, 0.6) is 0 Å². The predicted molar refractivity (Wildman–Crippen MR) is 86.1 cm³/mol. The second kappa shape index (κ2) is 7.12. The van der Waals surface area contributed by atoms with Gasteiger partial charge in [0.05, 0.1) is 19.3 Å². The summed E-state index contributed by atoms with van der Waals surface area (Å²) in [6, 6.07) is 2.60. The first kappa shape index (κ1) is 16.0. The quantitative estimate of drug-likeness (QED) is 0.647. The molecule has 1 heterocycles. The number of anilines is 1. The molecule has 23 heavy (non-hydrogen) atoms. The molecular formula is C16H26N5O2+. The van der Waals surface area contributed by atoms with E-state index in [9.17, 15) is 9.59 Å². The lowest BCUT2D eigenvalue weighted by Gasteiger charge is -2.16. The highest BCUT2D eigenvalue weighted by Crippen LogP contribution is 2.31. The van der Waals surface area contributed by atoms with E-state index in [-0.39, 0.29) is 18.4 Å². The summed E-state index contributed by atoms with van der Waals surface area (Å²) in [7, 11) is 1.86. The zero-order chi connectivity index (χ0) is 16.2. The van der Waals surface area contributed by atoms with Crippen LogP contribution in [0.15, 0.2) is 12.3 Å². The monoisotopic (exact) mass is 320 g/mol. The second-order valence-corrected chi connectivity index (χ2v) is 6.80. The van der Waals surface area contributed by atoms with Crippen LogP contribution in [0.4, 0.5) is 5.82 Å². The minimum atomic E-state index is -0.0820. The lowest BCUT2D eigenvalue weighted by Crippen LogP contribution is -3.11. The molecule has 3 N–H and O–H groups in total. The van der Waals surface area contributed by atoms with Crippen LogP contribution in [0.2, 0.25) is 0 Å². The summed E-state index contributed by atoms with van der Waals surface area (Å²) in [6.45, 7) is 0.597. The van der Waals surface area contributed by atoms with Crippen LogP contribution in [0.1, 0.15) is 44.6 Å². The van der Waals surface area contributed by atoms with Gasteiger partial charge in [-0.3, -0.25) is 9.59 Å². The first-order valence-electron chi connectivity index (χ1n) is 8.56. The highest BCUT2D eigenvalue weighted by atomic mass is 16.2. The van der Waals surface area contributed by atoms with Crippen LogP contribution in [-0.2, 0) is 9.59 Å². The van der Waals surface area contributed by atoms with Crippen molar-refractivity contribution >= 4 is 17.6 Å². The number of carbonyl (C=O) groups excluding carboxylic acids is 2. The second-order valence-electron chi connectivity index (χ2n) is 6.80. The number of carbonyl (C=O) groups is 2. The molecule has 2 saturated carbocycles. The van der Waals surface area contributed by atoms with Gasteiger partial charge in [-0.25, -0.2) is 4.68 Å². The summed E-state index contributed by atoms with van der Waals surface area (Å²) < 4.78 is 1.93. The van der Waals surface area contributed by atoms with Crippen LogP contribution >= 0.6 is 0 Å². The molecule has 1 aromatic heterocycles. The van der Waals surface area contributed by atoms with Gasteiger partial charge in [0.25, 0.3) is 11.8 Å². The molecule has 2 fully saturated rings. The van der Waals surface area contributed by atoms with Gasteiger partial charge in [-0.15, -0.1) is 0 Å². The van der Waals surface area contributed by atoms with Gasteiger partial charge in [0.2, 0.25) is 0 Å². The Morgan fingerprint density at radius 2 is 1.91 bits per heavy atom. The van der Waals surface area contributed by atoms with Gasteiger partial charge >= 0.3 is 0 Å². The van der Waals surface area contributed by atoms with E-state index >= 15 is 0 Å². The molecule has 0 radical (unpaired) electrons. The number of nitrogens with one attached hydrogen (secondary N) is 3. The number of likely N-dealkylation sites (N-methyl/N-ethyl adjacent to an activating group) is 1. The van der Waals surface area contributed by atoms with Gasteiger partial charge in [0, 0.05) is 12.1 Å². The van der Waals surface area contributed by atoms with Gasteiger partial charge < -0.3 is 15.5 Å². The van der Waals surface area contributed by atoms with Crippen molar-refractivity contribution in [1.82, 2.24) is 15.1 Å². The Hall–Kier alpha value is -1.89. The molecule has 1 atom stereocenters. The molecule has 1 aromatic rings. The van der Waals surface area contributed by atoms with Gasteiger partial charge in [0.1, 0.15) is 5.82 Å². The third-order valence-electron chi connectivity index (χ3n) is 4.48. The van der Waals surface area contributed by atoms with E-state index in [0.717, 1.165) is 36.4 Å². The van der Waals surface area contributed by atoms with Gasteiger partial charge in [0.15, 0.2) is 13.1 Å². The Bertz CT molecular complexity index is 561. The molecule has 2 amide bonds. The summed E-state index contributed by atoms with van der Waals surface area (Å²) in [5.74, 6) is 0.701. The molecule has 126 valence electrons. The molecule has 0 aromatic carbocycles. The third kappa shape index (κ3) is 4.54. The SMILES string of the molecule is C[NH+](CC(=O)Nc1ccnn1C1CCCC1)CC(=O)NC1CC1. The van der Waals surface area contributed by atoms with E-state index in [2.05, 4.69) is 15.7 Å². The van der Waals surface area contributed by atoms with Crippen molar-refractivity contribution < 1.29 is 14.5 Å². The maximum absolute atomic E-state index is 12.2. The van der Waals surface area contributed by atoms with Crippen molar-refractivity contribution in [3.05, 3.63) is 12.3 Å². The van der Waals surface area contributed by atoms with Crippen LogP contribution in [-0.4, -0.2) is 47.8 Å². The van der Waals surface area contributed by atoms with Crippen molar-refractivity contribution in [2.45, 2.75) is 50.6 Å². The van der Waals surface area contributed by atoms with Crippen LogP contribution < -0.4 is 15.5 Å². The number of hydrogen-bond donors (Lipinski definition) is 3. The van der Waals surface area contributed by atoms with E-state index in [1.165, 1.54) is 12.8 Å². The topological polar surface area (TPSA) is 80.5 Å². The highest BCUT2D eigenvalue weighted by Gasteiger charge is 2.25. The van der Waals surface area contributed by atoms with Crippen LogP contribution in [0.3, 0.4) is 0 Å². The Labute approximate surface area is 136 Å². The molecule has 0 bridgehead atoms. The molecular weight excluding hydrogens is 294 g/mol. The fourth-order valence-corrected chi connectivity index (χ4v) is 3.16. The number of quaternary nitrogens is 1. The molecule has 7 heteroatoms. The van der Waals surface area contributed by atoms with Crippen LogP contribution in [0.25, 0.3) is 0 Å². The van der Waals surface area contributed by atoms with Crippen molar-refractivity contribution in [2.75, 3.05) is 25.5 Å².